The van der Waals surface area contributed by atoms with Crippen LogP contribution in [-0.2, 0) is 4.79 Å². The van der Waals surface area contributed by atoms with E-state index in [9.17, 15) is 4.79 Å². The smallest absolute Gasteiger partial charge is 0.226 e. The van der Waals surface area contributed by atoms with E-state index in [4.69, 9.17) is 5.26 Å². The molecule has 1 amide bonds. The number of amides is 1. The van der Waals surface area contributed by atoms with Gasteiger partial charge in [0.15, 0.2) is 0 Å². The first-order valence-electron chi connectivity index (χ1n) is 6.86. The molecule has 0 aliphatic heterocycles. The van der Waals surface area contributed by atoms with E-state index in [1.807, 2.05) is 0 Å². The van der Waals surface area contributed by atoms with E-state index in [1.165, 1.54) is 6.42 Å². The van der Waals surface area contributed by atoms with Crippen LogP contribution in [0.3, 0.4) is 0 Å². The first-order valence-corrected chi connectivity index (χ1v) is 6.86. The molecule has 0 bridgehead atoms. The number of carbonyl (C=O) groups is 1. The topological polar surface area (TPSA) is 52.9 Å². The van der Waals surface area contributed by atoms with Crippen molar-refractivity contribution in [3.63, 3.8) is 0 Å². The maximum absolute atomic E-state index is 12.3. The average molecular weight is 234 g/mol. The Balaban J connectivity index is 1.94. The molecule has 0 spiro atoms. The molecule has 1 N–H and O–H groups in total. The van der Waals surface area contributed by atoms with Gasteiger partial charge in [-0.05, 0) is 32.1 Å². The zero-order chi connectivity index (χ0) is 12.3. The number of nitrogens with zero attached hydrogens (tertiary/aromatic N) is 1. The lowest BCUT2D eigenvalue weighted by atomic mass is 9.75. The summed E-state index contributed by atoms with van der Waals surface area (Å²) in [7, 11) is 0. The summed E-state index contributed by atoms with van der Waals surface area (Å²) >= 11 is 0. The van der Waals surface area contributed by atoms with Gasteiger partial charge in [0.1, 0.15) is 0 Å². The Labute approximate surface area is 104 Å². The van der Waals surface area contributed by atoms with Crippen LogP contribution >= 0.6 is 0 Å². The van der Waals surface area contributed by atoms with E-state index in [0.717, 1.165) is 44.9 Å². The Morgan fingerprint density at radius 1 is 1.24 bits per heavy atom. The van der Waals surface area contributed by atoms with Crippen LogP contribution in [-0.4, -0.2) is 11.9 Å². The van der Waals surface area contributed by atoms with Crippen LogP contribution in [0.2, 0.25) is 0 Å². The molecule has 2 fully saturated rings. The minimum atomic E-state index is -0.180. The molecule has 2 atom stereocenters. The highest BCUT2D eigenvalue weighted by atomic mass is 16.2. The Morgan fingerprint density at radius 3 is 2.59 bits per heavy atom. The molecule has 2 unspecified atom stereocenters. The summed E-state index contributed by atoms with van der Waals surface area (Å²) in [5.74, 6) is 0.218. The van der Waals surface area contributed by atoms with Crippen LogP contribution in [0.15, 0.2) is 0 Å². The summed E-state index contributed by atoms with van der Waals surface area (Å²) in [4.78, 5) is 12.3. The van der Waals surface area contributed by atoms with Crippen molar-refractivity contribution in [2.24, 2.45) is 11.3 Å². The van der Waals surface area contributed by atoms with Gasteiger partial charge in [0.25, 0.3) is 0 Å². The predicted molar refractivity (Wildman–Crippen MR) is 66.1 cm³/mol. The Morgan fingerprint density at radius 2 is 1.94 bits per heavy atom. The molecule has 0 heterocycles. The fourth-order valence-electron chi connectivity index (χ4n) is 3.19. The van der Waals surface area contributed by atoms with Gasteiger partial charge in [0.05, 0.1) is 12.0 Å². The second kappa shape index (κ2) is 5.08. The third-order valence-corrected chi connectivity index (χ3v) is 4.50. The van der Waals surface area contributed by atoms with Crippen molar-refractivity contribution >= 4 is 5.91 Å². The third-order valence-electron chi connectivity index (χ3n) is 4.50. The van der Waals surface area contributed by atoms with Crippen molar-refractivity contribution in [2.75, 3.05) is 0 Å². The Hall–Kier alpha value is -1.04. The summed E-state index contributed by atoms with van der Waals surface area (Å²) in [6.45, 7) is 2.08. The lowest BCUT2D eigenvalue weighted by Crippen LogP contribution is -2.46. The normalized spacial score (nSPS) is 31.8. The first-order chi connectivity index (χ1) is 8.15. The summed E-state index contributed by atoms with van der Waals surface area (Å²) < 4.78 is 0. The number of hydrogen-bond donors (Lipinski definition) is 1. The number of nitriles is 1. The van der Waals surface area contributed by atoms with Gasteiger partial charge in [-0.15, -0.1) is 0 Å². The van der Waals surface area contributed by atoms with Gasteiger partial charge in [-0.2, -0.15) is 5.26 Å². The third kappa shape index (κ3) is 2.62. The molecule has 2 saturated carbocycles. The van der Waals surface area contributed by atoms with Gasteiger partial charge in [-0.1, -0.05) is 26.2 Å². The monoisotopic (exact) mass is 234 g/mol. The second-order valence-corrected chi connectivity index (χ2v) is 5.87. The highest BCUT2D eigenvalue weighted by Gasteiger charge is 2.37. The van der Waals surface area contributed by atoms with E-state index in [2.05, 4.69) is 18.3 Å². The highest BCUT2D eigenvalue weighted by molar-refractivity contribution is 5.82. The number of hydrogen-bond acceptors (Lipinski definition) is 2. The minimum Gasteiger partial charge on any atom is -0.352 e. The van der Waals surface area contributed by atoms with Crippen LogP contribution in [0.5, 0.6) is 0 Å². The fraction of sp³-hybridized carbons (Fsp3) is 0.857. The van der Waals surface area contributed by atoms with E-state index in [0.29, 0.717) is 0 Å². The van der Waals surface area contributed by atoms with Crippen molar-refractivity contribution < 1.29 is 4.79 Å². The van der Waals surface area contributed by atoms with Crippen molar-refractivity contribution in [1.82, 2.24) is 5.32 Å². The van der Waals surface area contributed by atoms with Gasteiger partial charge in [0, 0.05) is 11.5 Å². The minimum absolute atomic E-state index is 0.0335. The van der Waals surface area contributed by atoms with Crippen molar-refractivity contribution in [3.8, 4) is 6.07 Å². The van der Waals surface area contributed by atoms with E-state index in [1.54, 1.807) is 0 Å². The van der Waals surface area contributed by atoms with Gasteiger partial charge >= 0.3 is 0 Å². The van der Waals surface area contributed by atoms with Crippen LogP contribution < -0.4 is 5.32 Å². The molecular weight excluding hydrogens is 212 g/mol. The van der Waals surface area contributed by atoms with Crippen molar-refractivity contribution in [3.05, 3.63) is 0 Å². The summed E-state index contributed by atoms with van der Waals surface area (Å²) in [6, 6.07) is 2.42. The lowest BCUT2D eigenvalue weighted by molar-refractivity contribution is -0.132. The number of carbonyl (C=O) groups excluding carboxylic acids is 1. The molecule has 3 nitrogen and oxygen atoms in total. The molecule has 17 heavy (non-hydrogen) atoms. The SMILES string of the molecule is CC1(C(=O)NC2CCCC2C#N)CCCCC1. The lowest BCUT2D eigenvalue weighted by Gasteiger charge is -2.33. The molecule has 0 aromatic heterocycles. The Bertz CT molecular complexity index is 326. The average Bonchev–Trinajstić information content (AvgIpc) is 2.77. The number of nitrogens with one attached hydrogen (secondary N) is 1. The standard InChI is InChI=1S/C14H22N2O/c1-14(8-3-2-4-9-14)13(17)16-12-7-5-6-11(12)10-15/h11-12H,2-9H2,1H3,(H,16,17). The van der Waals surface area contributed by atoms with Crippen LogP contribution in [0, 0.1) is 22.7 Å². The molecule has 0 aromatic rings. The zero-order valence-electron chi connectivity index (χ0n) is 10.7. The first kappa shape index (κ1) is 12.4. The molecule has 94 valence electrons. The highest BCUT2D eigenvalue weighted by Crippen LogP contribution is 2.36. The summed E-state index contributed by atoms with van der Waals surface area (Å²) in [5, 5.41) is 12.2. The van der Waals surface area contributed by atoms with Gasteiger partial charge in [-0.3, -0.25) is 4.79 Å². The second-order valence-electron chi connectivity index (χ2n) is 5.87. The van der Waals surface area contributed by atoms with Crippen LogP contribution in [0.25, 0.3) is 0 Å². The van der Waals surface area contributed by atoms with Crippen LogP contribution in [0.4, 0.5) is 0 Å². The van der Waals surface area contributed by atoms with Gasteiger partial charge in [-0.25, -0.2) is 0 Å². The van der Waals surface area contributed by atoms with E-state index >= 15 is 0 Å². The molecule has 0 saturated heterocycles. The maximum Gasteiger partial charge on any atom is 0.226 e. The van der Waals surface area contributed by atoms with E-state index < -0.39 is 0 Å². The molecule has 2 aliphatic carbocycles. The molecule has 3 heteroatoms. The predicted octanol–water partition coefficient (Wildman–Crippen LogP) is 2.77. The maximum atomic E-state index is 12.3. The Kier molecular flexibility index (Phi) is 3.71. The van der Waals surface area contributed by atoms with Crippen LogP contribution in [0.1, 0.15) is 58.3 Å². The van der Waals surface area contributed by atoms with Gasteiger partial charge < -0.3 is 5.32 Å². The molecule has 2 aliphatic rings. The molecular formula is C14H22N2O. The molecule has 0 aromatic carbocycles. The number of rotatable bonds is 2. The fourth-order valence-corrected chi connectivity index (χ4v) is 3.19. The van der Waals surface area contributed by atoms with Crippen molar-refractivity contribution in [1.29, 1.82) is 5.26 Å². The molecule has 0 radical (unpaired) electrons. The summed E-state index contributed by atoms with van der Waals surface area (Å²) in [5.41, 5.74) is -0.180. The van der Waals surface area contributed by atoms with Gasteiger partial charge in [0.2, 0.25) is 5.91 Å². The molecule has 2 rings (SSSR count). The largest absolute Gasteiger partial charge is 0.352 e. The zero-order valence-corrected chi connectivity index (χ0v) is 10.7. The summed E-state index contributed by atoms with van der Waals surface area (Å²) in [6.07, 6.45) is 8.57. The van der Waals surface area contributed by atoms with E-state index in [-0.39, 0.29) is 23.3 Å². The quantitative estimate of drug-likeness (QED) is 0.798. The van der Waals surface area contributed by atoms with Crippen molar-refractivity contribution in [2.45, 2.75) is 64.3 Å².